The third-order valence-electron chi connectivity index (χ3n) is 4.31. The first-order valence-corrected chi connectivity index (χ1v) is 7.47. The predicted molar refractivity (Wildman–Crippen MR) is 84.7 cm³/mol. The number of nitrogens with zero attached hydrogens (tertiary/aromatic N) is 3. The van der Waals surface area contributed by atoms with Crippen molar-refractivity contribution < 1.29 is 0 Å². The molecule has 1 aromatic carbocycles. The fourth-order valence-electron chi connectivity index (χ4n) is 3.26. The Morgan fingerprint density at radius 2 is 1.86 bits per heavy atom. The SMILES string of the molecule is Cc1nn(-c2ccccc2)c2nc3c(c(N)c12)CCCC3. The first-order chi connectivity index (χ1) is 10.3. The number of nitrogens with two attached hydrogens (primary N) is 1. The summed E-state index contributed by atoms with van der Waals surface area (Å²) in [7, 11) is 0. The molecule has 0 unspecified atom stereocenters. The third-order valence-corrected chi connectivity index (χ3v) is 4.31. The lowest BCUT2D eigenvalue weighted by atomic mass is 9.93. The molecule has 4 nitrogen and oxygen atoms in total. The van der Waals surface area contributed by atoms with Gasteiger partial charge in [-0.05, 0) is 50.3 Å². The number of rotatable bonds is 1. The number of aryl methyl sites for hydroxylation is 2. The zero-order chi connectivity index (χ0) is 14.4. The van der Waals surface area contributed by atoms with Gasteiger partial charge in [-0.1, -0.05) is 18.2 Å². The molecule has 4 heteroatoms. The number of benzene rings is 1. The van der Waals surface area contributed by atoms with Crippen LogP contribution in [-0.2, 0) is 12.8 Å². The molecule has 1 aliphatic carbocycles. The summed E-state index contributed by atoms with van der Waals surface area (Å²) in [5, 5.41) is 5.68. The quantitative estimate of drug-likeness (QED) is 0.743. The van der Waals surface area contributed by atoms with Crippen molar-refractivity contribution in [3.8, 4) is 5.69 Å². The molecular weight excluding hydrogens is 260 g/mol. The summed E-state index contributed by atoms with van der Waals surface area (Å²) >= 11 is 0. The lowest BCUT2D eigenvalue weighted by Gasteiger charge is -2.17. The van der Waals surface area contributed by atoms with E-state index in [9.17, 15) is 0 Å². The van der Waals surface area contributed by atoms with Crippen LogP contribution in [0.3, 0.4) is 0 Å². The molecule has 21 heavy (non-hydrogen) atoms. The number of aromatic nitrogens is 3. The lowest BCUT2D eigenvalue weighted by molar-refractivity contribution is 0.671. The minimum absolute atomic E-state index is 0.884. The maximum Gasteiger partial charge on any atom is 0.165 e. The summed E-state index contributed by atoms with van der Waals surface area (Å²) in [6.07, 6.45) is 4.47. The number of anilines is 1. The fourth-order valence-corrected chi connectivity index (χ4v) is 3.26. The Labute approximate surface area is 123 Å². The monoisotopic (exact) mass is 278 g/mol. The van der Waals surface area contributed by atoms with Crippen LogP contribution in [0.5, 0.6) is 0 Å². The molecule has 0 aliphatic heterocycles. The maximum absolute atomic E-state index is 6.44. The molecule has 1 aliphatic rings. The number of nitrogen functional groups attached to an aromatic ring is 1. The molecule has 0 atom stereocenters. The van der Waals surface area contributed by atoms with Gasteiger partial charge in [0.05, 0.1) is 16.8 Å². The summed E-state index contributed by atoms with van der Waals surface area (Å²) in [4.78, 5) is 4.89. The van der Waals surface area contributed by atoms with Gasteiger partial charge in [0, 0.05) is 11.4 Å². The van der Waals surface area contributed by atoms with Crippen molar-refractivity contribution in [1.82, 2.24) is 14.8 Å². The van der Waals surface area contributed by atoms with E-state index in [1.165, 1.54) is 18.4 Å². The molecule has 3 aromatic rings. The van der Waals surface area contributed by atoms with Crippen LogP contribution < -0.4 is 5.73 Å². The first kappa shape index (κ1) is 12.4. The molecule has 0 amide bonds. The summed E-state index contributed by atoms with van der Waals surface area (Å²) in [6.45, 7) is 2.01. The molecular formula is C17H18N4. The zero-order valence-electron chi connectivity index (χ0n) is 12.1. The number of pyridine rings is 1. The van der Waals surface area contributed by atoms with Crippen molar-refractivity contribution in [1.29, 1.82) is 0 Å². The van der Waals surface area contributed by atoms with E-state index < -0.39 is 0 Å². The van der Waals surface area contributed by atoms with Crippen molar-refractivity contribution >= 4 is 16.7 Å². The summed E-state index contributed by atoms with van der Waals surface area (Å²) in [5.74, 6) is 0. The summed E-state index contributed by atoms with van der Waals surface area (Å²) in [6, 6.07) is 10.1. The van der Waals surface area contributed by atoms with Gasteiger partial charge in [0.2, 0.25) is 0 Å². The normalized spacial score (nSPS) is 14.3. The first-order valence-electron chi connectivity index (χ1n) is 7.47. The maximum atomic E-state index is 6.44. The highest BCUT2D eigenvalue weighted by Gasteiger charge is 2.21. The molecule has 106 valence electrons. The van der Waals surface area contributed by atoms with Crippen LogP contribution in [0.25, 0.3) is 16.7 Å². The highest BCUT2D eigenvalue weighted by molar-refractivity contribution is 5.93. The molecule has 0 saturated carbocycles. The van der Waals surface area contributed by atoms with Crippen molar-refractivity contribution in [3.63, 3.8) is 0 Å². The van der Waals surface area contributed by atoms with Crippen molar-refractivity contribution in [2.75, 3.05) is 5.73 Å². The average molecular weight is 278 g/mol. The Morgan fingerprint density at radius 1 is 1.10 bits per heavy atom. The van der Waals surface area contributed by atoms with Gasteiger partial charge in [0.15, 0.2) is 5.65 Å². The van der Waals surface area contributed by atoms with E-state index >= 15 is 0 Å². The Kier molecular flexibility index (Phi) is 2.70. The van der Waals surface area contributed by atoms with Gasteiger partial charge in [-0.15, -0.1) is 0 Å². The summed E-state index contributed by atoms with van der Waals surface area (Å²) in [5.41, 5.74) is 12.6. The number of hydrogen-bond acceptors (Lipinski definition) is 3. The van der Waals surface area contributed by atoms with E-state index in [0.29, 0.717) is 0 Å². The predicted octanol–water partition coefficient (Wildman–Crippen LogP) is 3.19. The van der Waals surface area contributed by atoms with E-state index in [0.717, 1.165) is 46.6 Å². The van der Waals surface area contributed by atoms with Gasteiger partial charge in [-0.2, -0.15) is 5.10 Å². The van der Waals surface area contributed by atoms with E-state index in [1.54, 1.807) is 0 Å². The van der Waals surface area contributed by atoms with Crippen molar-refractivity contribution in [2.45, 2.75) is 32.6 Å². The smallest absolute Gasteiger partial charge is 0.165 e. The van der Waals surface area contributed by atoms with Gasteiger partial charge < -0.3 is 5.73 Å². The van der Waals surface area contributed by atoms with E-state index in [2.05, 4.69) is 5.10 Å². The standard InChI is InChI=1S/C17H18N4/c1-11-15-16(18)13-9-5-6-10-14(13)19-17(15)21(20-11)12-7-3-2-4-8-12/h2-4,7-8H,5-6,9-10H2,1H3,(H2,18,19). The molecule has 0 spiro atoms. The highest BCUT2D eigenvalue weighted by atomic mass is 15.3. The molecule has 2 heterocycles. The average Bonchev–Trinajstić information content (AvgIpc) is 2.86. The van der Waals surface area contributed by atoms with E-state index in [1.807, 2.05) is 41.9 Å². The fraction of sp³-hybridized carbons (Fsp3) is 0.294. The van der Waals surface area contributed by atoms with Gasteiger partial charge in [0.25, 0.3) is 0 Å². The van der Waals surface area contributed by atoms with E-state index in [4.69, 9.17) is 10.7 Å². The number of hydrogen-bond donors (Lipinski definition) is 1. The Bertz CT molecular complexity index is 818. The molecule has 4 rings (SSSR count). The second kappa shape index (κ2) is 4.58. The number of fused-ring (bicyclic) bond motifs is 2. The summed E-state index contributed by atoms with van der Waals surface area (Å²) < 4.78 is 1.91. The molecule has 0 radical (unpaired) electrons. The molecule has 2 N–H and O–H groups in total. The van der Waals surface area contributed by atoms with E-state index in [-0.39, 0.29) is 0 Å². The van der Waals surface area contributed by atoms with Crippen LogP contribution >= 0.6 is 0 Å². The largest absolute Gasteiger partial charge is 0.398 e. The molecule has 0 fully saturated rings. The Balaban J connectivity index is 2.05. The minimum atomic E-state index is 0.884. The van der Waals surface area contributed by atoms with Gasteiger partial charge in [-0.25, -0.2) is 9.67 Å². The molecule has 0 bridgehead atoms. The topological polar surface area (TPSA) is 56.7 Å². The van der Waals surface area contributed by atoms with Crippen LogP contribution in [0.1, 0.15) is 29.8 Å². The van der Waals surface area contributed by atoms with Gasteiger partial charge in [-0.3, -0.25) is 0 Å². The number of para-hydroxylation sites is 1. The van der Waals surface area contributed by atoms with Crippen LogP contribution in [0, 0.1) is 6.92 Å². The third kappa shape index (κ3) is 1.82. The zero-order valence-corrected chi connectivity index (χ0v) is 12.1. The second-order valence-electron chi connectivity index (χ2n) is 5.69. The van der Waals surface area contributed by atoms with Crippen molar-refractivity contribution in [3.05, 3.63) is 47.3 Å². The van der Waals surface area contributed by atoms with Crippen molar-refractivity contribution in [2.24, 2.45) is 0 Å². The van der Waals surface area contributed by atoms with Gasteiger partial charge >= 0.3 is 0 Å². The molecule has 0 saturated heterocycles. The molecule has 2 aromatic heterocycles. The van der Waals surface area contributed by atoms with Crippen LogP contribution in [0.4, 0.5) is 5.69 Å². The van der Waals surface area contributed by atoms with Crippen LogP contribution in [0.2, 0.25) is 0 Å². The second-order valence-corrected chi connectivity index (χ2v) is 5.69. The van der Waals surface area contributed by atoms with Crippen LogP contribution in [-0.4, -0.2) is 14.8 Å². The Hall–Kier alpha value is -2.36. The highest BCUT2D eigenvalue weighted by Crippen LogP contribution is 2.33. The minimum Gasteiger partial charge on any atom is -0.398 e. The Morgan fingerprint density at radius 3 is 2.67 bits per heavy atom. The lowest BCUT2D eigenvalue weighted by Crippen LogP contribution is -2.10. The van der Waals surface area contributed by atoms with Crippen LogP contribution in [0.15, 0.2) is 30.3 Å². The van der Waals surface area contributed by atoms with Gasteiger partial charge in [0.1, 0.15) is 0 Å².